The second-order valence-corrected chi connectivity index (χ2v) is 8.20. The molecule has 1 aromatic heterocycles. The molecule has 1 aliphatic heterocycles. The smallest absolute Gasteiger partial charge is 0.339 e. The summed E-state index contributed by atoms with van der Waals surface area (Å²) in [6.45, 7) is 0.535. The minimum Gasteiger partial charge on any atom is -0.452 e. The van der Waals surface area contributed by atoms with Gasteiger partial charge in [-0.25, -0.2) is 9.78 Å². The van der Waals surface area contributed by atoms with Crippen molar-refractivity contribution in [2.75, 3.05) is 19.7 Å². The highest BCUT2D eigenvalue weighted by molar-refractivity contribution is 7.21. The fraction of sp³-hybridized carbons (Fsp3) is 0.273. The number of amides is 2. The molecular weight excluding hydrogens is 402 g/mol. The van der Waals surface area contributed by atoms with Crippen molar-refractivity contribution in [3.8, 4) is 10.6 Å². The SMILES string of the molecule is NC(=O)C1CCN(C(=O)COC(=O)c2ccccc2-c2nc3ccccc3s2)CC1. The van der Waals surface area contributed by atoms with Crippen LogP contribution in [0, 0.1) is 5.92 Å². The number of esters is 1. The third-order valence-corrected chi connectivity index (χ3v) is 6.32. The summed E-state index contributed by atoms with van der Waals surface area (Å²) in [7, 11) is 0. The first kappa shape index (κ1) is 20.0. The van der Waals surface area contributed by atoms with E-state index in [2.05, 4.69) is 4.98 Å². The van der Waals surface area contributed by atoms with Crippen LogP contribution in [-0.4, -0.2) is 47.4 Å². The standard InChI is InChI=1S/C22H21N3O4S/c23-20(27)14-9-11-25(12-10-14)19(26)13-29-22(28)16-6-2-1-5-15(16)21-24-17-7-3-4-8-18(17)30-21/h1-8,14H,9-13H2,(H2,23,27). The molecule has 2 heterocycles. The molecule has 4 rings (SSSR count). The van der Waals surface area contributed by atoms with Gasteiger partial charge < -0.3 is 15.4 Å². The van der Waals surface area contributed by atoms with E-state index in [0.29, 0.717) is 37.1 Å². The second-order valence-electron chi connectivity index (χ2n) is 7.17. The number of carbonyl (C=O) groups excluding carboxylic acids is 3. The number of benzene rings is 2. The van der Waals surface area contributed by atoms with Crippen molar-refractivity contribution in [2.24, 2.45) is 11.7 Å². The number of likely N-dealkylation sites (tertiary alicyclic amines) is 1. The molecule has 2 amide bonds. The predicted molar refractivity (Wildman–Crippen MR) is 114 cm³/mol. The lowest BCUT2D eigenvalue weighted by Crippen LogP contribution is -2.43. The fourth-order valence-electron chi connectivity index (χ4n) is 3.54. The number of hydrogen-bond acceptors (Lipinski definition) is 6. The van der Waals surface area contributed by atoms with Crippen molar-refractivity contribution in [3.05, 3.63) is 54.1 Å². The third-order valence-electron chi connectivity index (χ3n) is 5.25. The second kappa shape index (κ2) is 8.62. The minimum absolute atomic E-state index is 0.197. The number of ether oxygens (including phenoxy) is 1. The highest BCUT2D eigenvalue weighted by atomic mass is 32.1. The van der Waals surface area contributed by atoms with Crippen LogP contribution in [0.3, 0.4) is 0 Å². The number of nitrogens with zero attached hydrogens (tertiary/aromatic N) is 2. The van der Waals surface area contributed by atoms with Crippen LogP contribution in [0.15, 0.2) is 48.5 Å². The fourth-order valence-corrected chi connectivity index (χ4v) is 4.55. The van der Waals surface area contributed by atoms with E-state index < -0.39 is 5.97 Å². The van der Waals surface area contributed by atoms with Crippen molar-refractivity contribution in [1.82, 2.24) is 9.88 Å². The number of nitrogens with two attached hydrogens (primary N) is 1. The molecule has 0 unspecified atom stereocenters. The first-order valence-electron chi connectivity index (χ1n) is 9.72. The van der Waals surface area contributed by atoms with Gasteiger partial charge >= 0.3 is 5.97 Å². The molecule has 0 atom stereocenters. The Kier molecular flexibility index (Phi) is 5.76. The molecule has 154 valence electrons. The van der Waals surface area contributed by atoms with Gasteiger partial charge in [0.15, 0.2) is 6.61 Å². The maximum atomic E-state index is 12.7. The maximum Gasteiger partial charge on any atom is 0.339 e. The number of fused-ring (bicyclic) bond motifs is 1. The lowest BCUT2D eigenvalue weighted by molar-refractivity contribution is -0.137. The molecule has 0 spiro atoms. The summed E-state index contributed by atoms with van der Waals surface area (Å²) in [4.78, 5) is 42.6. The predicted octanol–water partition coefficient (Wildman–Crippen LogP) is 2.84. The van der Waals surface area contributed by atoms with Crippen LogP contribution in [0.1, 0.15) is 23.2 Å². The van der Waals surface area contributed by atoms with Crippen LogP contribution in [0.4, 0.5) is 0 Å². The Bertz CT molecular complexity index is 1070. The van der Waals surface area contributed by atoms with Crippen LogP contribution in [0.2, 0.25) is 0 Å². The zero-order valence-corrected chi connectivity index (χ0v) is 17.1. The first-order valence-corrected chi connectivity index (χ1v) is 10.5. The highest BCUT2D eigenvalue weighted by Crippen LogP contribution is 2.32. The van der Waals surface area contributed by atoms with Crippen molar-refractivity contribution < 1.29 is 19.1 Å². The number of aromatic nitrogens is 1. The number of thiazole rings is 1. The molecule has 8 heteroatoms. The monoisotopic (exact) mass is 423 g/mol. The van der Waals surface area contributed by atoms with Gasteiger partial charge in [-0.1, -0.05) is 30.3 Å². The van der Waals surface area contributed by atoms with Crippen LogP contribution in [-0.2, 0) is 14.3 Å². The van der Waals surface area contributed by atoms with E-state index in [4.69, 9.17) is 10.5 Å². The van der Waals surface area contributed by atoms with Gasteiger partial charge in [0.1, 0.15) is 5.01 Å². The number of rotatable bonds is 5. The summed E-state index contributed by atoms with van der Waals surface area (Å²) in [6.07, 6.45) is 1.07. The van der Waals surface area contributed by atoms with Gasteiger partial charge in [-0.05, 0) is 31.0 Å². The minimum atomic E-state index is -0.565. The van der Waals surface area contributed by atoms with Gasteiger partial charge in [0.05, 0.1) is 15.8 Å². The summed E-state index contributed by atoms with van der Waals surface area (Å²) >= 11 is 1.50. The lowest BCUT2D eigenvalue weighted by atomic mass is 9.96. The Balaban J connectivity index is 1.43. The summed E-state index contributed by atoms with van der Waals surface area (Å²) in [5.41, 5.74) is 7.24. The number of piperidine rings is 1. The summed E-state index contributed by atoms with van der Waals surface area (Å²) < 4.78 is 6.34. The quantitative estimate of drug-likeness (QED) is 0.636. The van der Waals surface area contributed by atoms with Gasteiger partial charge in [-0.15, -0.1) is 11.3 Å². The van der Waals surface area contributed by atoms with E-state index in [1.54, 1.807) is 17.0 Å². The van der Waals surface area contributed by atoms with Crippen LogP contribution < -0.4 is 5.73 Å². The molecule has 3 aromatic rings. The third kappa shape index (κ3) is 4.18. The number of carbonyl (C=O) groups is 3. The van der Waals surface area contributed by atoms with E-state index in [0.717, 1.165) is 15.2 Å². The Morgan fingerprint density at radius 2 is 1.77 bits per heavy atom. The molecule has 0 aliphatic carbocycles. The van der Waals surface area contributed by atoms with E-state index >= 15 is 0 Å². The van der Waals surface area contributed by atoms with Gasteiger partial charge in [0, 0.05) is 24.6 Å². The lowest BCUT2D eigenvalue weighted by Gasteiger charge is -2.30. The highest BCUT2D eigenvalue weighted by Gasteiger charge is 2.26. The topological polar surface area (TPSA) is 103 Å². The van der Waals surface area contributed by atoms with Gasteiger partial charge in [0.25, 0.3) is 5.91 Å². The first-order chi connectivity index (χ1) is 14.5. The van der Waals surface area contributed by atoms with E-state index in [1.165, 1.54) is 11.3 Å². The summed E-state index contributed by atoms with van der Waals surface area (Å²) in [6, 6.07) is 14.9. The summed E-state index contributed by atoms with van der Waals surface area (Å²) in [5, 5.41) is 0.726. The molecule has 0 bridgehead atoms. The van der Waals surface area contributed by atoms with Gasteiger partial charge in [0.2, 0.25) is 5.91 Å². The van der Waals surface area contributed by atoms with Gasteiger partial charge in [-0.2, -0.15) is 0 Å². The molecule has 2 N–H and O–H groups in total. The van der Waals surface area contributed by atoms with Crippen molar-refractivity contribution in [3.63, 3.8) is 0 Å². The van der Waals surface area contributed by atoms with Crippen LogP contribution >= 0.6 is 11.3 Å². The molecule has 2 aromatic carbocycles. The van der Waals surface area contributed by atoms with Crippen molar-refractivity contribution in [2.45, 2.75) is 12.8 Å². The van der Waals surface area contributed by atoms with Crippen molar-refractivity contribution >= 4 is 39.3 Å². The Morgan fingerprint density at radius 3 is 2.50 bits per heavy atom. The van der Waals surface area contributed by atoms with E-state index in [1.807, 2.05) is 36.4 Å². The number of hydrogen-bond donors (Lipinski definition) is 1. The summed E-state index contributed by atoms with van der Waals surface area (Å²) in [5.74, 6) is -1.37. The Labute approximate surface area is 177 Å². The van der Waals surface area contributed by atoms with Crippen LogP contribution in [0.25, 0.3) is 20.8 Å². The Hall–Kier alpha value is -3.26. The molecule has 7 nitrogen and oxygen atoms in total. The molecule has 30 heavy (non-hydrogen) atoms. The molecular formula is C22H21N3O4S. The largest absolute Gasteiger partial charge is 0.452 e. The van der Waals surface area contributed by atoms with E-state index in [-0.39, 0.29) is 24.3 Å². The zero-order valence-electron chi connectivity index (χ0n) is 16.2. The normalized spacial score (nSPS) is 14.6. The number of primary amides is 1. The molecule has 1 fully saturated rings. The molecule has 1 saturated heterocycles. The average molecular weight is 423 g/mol. The average Bonchev–Trinajstić information content (AvgIpc) is 3.21. The maximum absolute atomic E-state index is 12.7. The zero-order chi connectivity index (χ0) is 21.1. The molecule has 0 saturated carbocycles. The van der Waals surface area contributed by atoms with E-state index in [9.17, 15) is 14.4 Å². The van der Waals surface area contributed by atoms with Crippen LogP contribution in [0.5, 0.6) is 0 Å². The molecule has 1 aliphatic rings. The van der Waals surface area contributed by atoms with Crippen molar-refractivity contribution in [1.29, 1.82) is 0 Å². The Morgan fingerprint density at radius 1 is 1.07 bits per heavy atom. The molecule has 0 radical (unpaired) electrons. The van der Waals surface area contributed by atoms with Gasteiger partial charge in [-0.3, -0.25) is 9.59 Å². The number of para-hydroxylation sites is 1.